The van der Waals surface area contributed by atoms with E-state index in [9.17, 15) is 23.1 Å². The molecule has 0 radical (unpaired) electrons. The fourth-order valence-electron chi connectivity index (χ4n) is 1.29. The number of hydrogen-bond donors (Lipinski definition) is 4. The molecular weight excluding hydrogens is 363 g/mol. The highest BCUT2D eigenvalue weighted by atomic mass is 35.5. The standard InChI is InChI=1S/C10H14ClNO3S.C2HF3O2/c1-5-3-7(16-9(5)11)4-12-8(6(2)13)10(14)15;3-2(4,5)1(6)7/h3,6,8,12-13H,4H2,1-2H3,(H,14,15);(H,6,7)/t6-,8-;/m1./s1. The molecule has 0 fully saturated rings. The van der Waals surface area contributed by atoms with E-state index in [0.29, 0.717) is 10.9 Å². The Labute approximate surface area is 138 Å². The third-order valence-corrected chi connectivity index (χ3v) is 3.95. The molecule has 1 aromatic rings. The molecule has 0 amide bonds. The number of nitrogens with one attached hydrogen (secondary N) is 1. The van der Waals surface area contributed by atoms with Crippen molar-refractivity contribution in [3.8, 4) is 0 Å². The van der Waals surface area contributed by atoms with Gasteiger partial charge in [0.05, 0.1) is 10.4 Å². The van der Waals surface area contributed by atoms with Gasteiger partial charge in [0, 0.05) is 11.4 Å². The van der Waals surface area contributed by atoms with Crippen LogP contribution in [0.2, 0.25) is 4.34 Å². The summed E-state index contributed by atoms with van der Waals surface area (Å²) in [5, 5.41) is 28.0. The zero-order chi connectivity index (χ0) is 18.4. The first kappa shape index (κ1) is 21.6. The summed E-state index contributed by atoms with van der Waals surface area (Å²) in [5.74, 6) is -3.82. The number of rotatable bonds is 5. The molecule has 11 heteroatoms. The van der Waals surface area contributed by atoms with Crippen LogP contribution in [0.3, 0.4) is 0 Å². The first-order valence-electron chi connectivity index (χ1n) is 6.05. The van der Waals surface area contributed by atoms with Gasteiger partial charge < -0.3 is 15.3 Å². The summed E-state index contributed by atoms with van der Waals surface area (Å²) in [6.45, 7) is 3.73. The lowest BCUT2D eigenvalue weighted by molar-refractivity contribution is -0.192. The number of halogens is 4. The SMILES string of the molecule is Cc1cc(CN[C@@H](C(=O)O)[C@@H](C)O)sc1Cl.O=C(O)C(F)(F)F. The maximum atomic E-state index is 10.8. The molecule has 0 saturated carbocycles. The van der Waals surface area contributed by atoms with Crippen molar-refractivity contribution in [2.75, 3.05) is 0 Å². The Balaban J connectivity index is 0.000000585. The zero-order valence-corrected chi connectivity index (χ0v) is 13.6. The second-order valence-electron chi connectivity index (χ2n) is 4.41. The predicted molar refractivity (Wildman–Crippen MR) is 77.7 cm³/mol. The molecule has 132 valence electrons. The lowest BCUT2D eigenvalue weighted by Gasteiger charge is -2.16. The van der Waals surface area contributed by atoms with E-state index in [0.717, 1.165) is 10.4 Å². The number of aliphatic hydroxyl groups excluding tert-OH is 1. The fraction of sp³-hybridized carbons (Fsp3) is 0.500. The fourth-order valence-corrected chi connectivity index (χ4v) is 2.48. The minimum atomic E-state index is -5.08. The number of aryl methyl sites for hydroxylation is 1. The molecular formula is C12H15ClF3NO5S. The third-order valence-electron chi connectivity index (χ3n) is 2.40. The number of carbonyl (C=O) groups is 2. The van der Waals surface area contributed by atoms with Crippen LogP contribution in [0, 0.1) is 6.92 Å². The molecule has 0 aromatic carbocycles. The quantitative estimate of drug-likeness (QED) is 0.627. The first-order chi connectivity index (χ1) is 10.4. The van der Waals surface area contributed by atoms with Crippen molar-refractivity contribution in [1.29, 1.82) is 0 Å². The Morgan fingerprint density at radius 3 is 2.13 bits per heavy atom. The summed E-state index contributed by atoms with van der Waals surface area (Å²) in [5.41, 5.74) is 0.979. The smallest absolute Gasteiger partial charge is 0.480 e. The molecule has 1 heterocycles. The van der Waals surface area contributed by atoms with Crippen LogP contribution in [-0.4, -0.2) is 45.6 Å². The van der Waals surface area contributed by atoms with Crippen molar-refractivity contribution in [2.45, 2.75) is 38.7 Å². The molecule has 0 aliphatic rings. The minimum Gasteiger partial charge on any atom is -0.480 e. The molecule has 1 aromatic heterocycles. The Kier molecular flexibility index (Phi) is 8.53. The summed E-state index contributed by atoms with van der Waals surface area (Å²) >= 11 is 7.30. The van der Waals surface area contributed by atoms with Crippen molar-refractivity contribution in [3.63, 3.8) is 0 Å². The predicted octanol–water partition coefficient (Wildman–Crippen LogP) is 2.27. The van der Waals surface area contributed by atoms with Crippen LogP contribution in [0.4, 0.5) is 13.2 Å². The highest BCUT2D eigenvalue weighted by molar-refractivity contribution is 7.16. The van der Waals surface area contributed by atoms with Crippen LogP contribution in [0.5, 0.6) is 0 Å². The maximum Gasteiger partial charge on any atom is 0.490 e. The minimum absolute atomic E-state index is 0.389. The maximum absolute atomic E-state index is 10.8. The monoisotopic (exact) mass is 377 g/mol. The summed E-state index contributed by atoms with van der Waals surface area (Å²) in [4.78, 5) is 20.6. The number of aliphatic hydroxyl groups is 1. The van der Waals surface area contributed by atoms with Gasteiger partial charge in [-0.1, -0.05) is 11.6 Å². The van der Waals surface area contributed by atoms with E-state index in [2.05, 4.69) is 5.32 Å². The molecule has 23 heavy (non-hydrogen) atoms. The summed E-state index contributed by atoms with van der Waals surface area (Å²) in [7, 11) is 0. The van der Waals surface area contributed by atoms with E-state index in [4.69, 9.17) is 26.6 Å². The Morgan fingerprint density at radius 2 is 1.87 bits per heavy atom. The molecule has 6 nitrogen and oxygen atoms in total. The van der Waals surface area contributed by atoms with E-state index >= 15 is 0 Å². The lowest BCUT2D eigenvalue weighted by Crippen LogP contribution is -2.44. The molecule has 2 atom stereocenters. The van der Waals surface area contributed by atoms with Gasteiger partial charge in [-0.2, -0.15) is 13.2 Å². The average molecular weight is 378 g/mol. The van der Waals surface area contributed by atoms with Crippen LogP contribution in [-0.2, 0) is 16.1 Å². The second kappa shape index (κ2) is 9.06. The van der Waals surface area contributed by atoms with Gasteiger partial charge in [0.1, 0.15) is 6.04 Å². The van der Waals surface area contributed by atoms with E-state index in [-0.39, 0.29) is 0 Å². The number of carboxylic acids is 2. The Morgan fingerprint density at radius 1 is 1.39 bits per heavy atom. The van der Waals surface area contributed by atoms with Gasteiger partial charge in [-0.3, -0.25) is 10.1 Å². The lowest BCUT2D eigenvalue weighted by atomic mass is 10.2. The Bertz CT molecular complexity index is 528. The molecule has 0 saturated heterocycles. The van der Waals surface area contributed by atoms with Crippen LogP contribution >= 0.6 is 22.9 Å². The average Bonchev–Trinajstić information content (AvgIpc) is 2.67. The van der Waals surface area contributed by atoms with E-state index < -0.39 is 30.3 Å². The van der Waals surface area contributed by atoms with Crippen LogP contribution in [0.25, 0.3) is 0 Å². The van der Waals surface area contributed by atoms with Crippen molar-refractivity contribution in [1.82, 2.24) is 5.32 Å². The normalized spacial score (nSPS) is 13.7. The third kappa shape index (κ3) is 8.16. The number of thiophene rings is 1. The number of hydrogen-bond acceptors (Lipinski definition) is 5. The molecule has 0 aliphatic heterocycles. The summed E-state index contributed by atoms with van der Waals surface area (Å²) < 4.78 is 32.4. The van der Waals surface area contributed by atoms with Crippen LogP contribution in [0.1, 0.15) is 17.4 Å². The molecule has 0 aliphatic carbocycles. The zero-order valence-electron chi connectivity index (χ0n) is 12.0. The topological polar surface area (TPSA) is 107 Å². The van der Waals surface area contributed by atoms with Gasteiger partial charge in [-0.25, -0.2) is 4.79 Å². The molecule has 0 unspecified atom stereocenters. The van der Waals surface area contributed by atoms with E-state index in [1.165, 1.54) is 18.3 Å². The van der Waals surface area contributed by atoms with Crippen molar-refractivity contribution < 1.29 is 38.1 Å². The van der Waals surface area contributed by atoms with Crippen LogP contribution < -0.4 is 5.32 Å². The van der Waals surface area contributed by atoms with Crippen molar-refractivity contribution in [2.24, 2.45) is 0 Å². The van der Waals surface area contributed by atoms with Gasteiger partial charge in [0.25, 0.3) is 0 Å². The van der Waals surface area contributed by atoms with E-state index in [1.54, 1.807) is 0 Å². The van der Waals surface area contributed by atoms with Gasteiger partial charge >= 0.3 is 18.1 Å². The molecule has 4 N–H and O–H groups in total. The van der Waals surface area contributed by atoms with Gasteiger partial charge in [0.2, 0.25) is 0 Å². The van der Waals surface area contributed by atoms with Gasteiger partial charge in [0.15, 0.2) is 0 Å². The number of alkyl halides is 3. The van der Waals surface area contributed by atoms with Crippen LogP contribution in [0.15, 0.2) is 6.07 Å². The largest absolute Gasteiger partial charge is 0.490 e. The number of carboxylic acid groups (broad SMARTS) is 2. The molecule has 0 bridgehead atoms. The highest BCUT2D eigenvalue weighted by Gasteiger charge is 2.38. The van der Waals surface area contributed by atoms with Crippen molar-refractivity contribution >= 4 is 34.9 Å². The van der Waals surface area contributed by atoms with E-state index in [1.807, 2.05) is 13.0 Å². The second-order valence-corrected chi connectivity index (χ2v) is 6.15. The molecule has 0 spiro atoms. The summed E-state index contributed by atoms with van der Waals surface area (Å²) in [6, 6.07) is 0.946. The highest BCUT2D eigenvalue weighted by Crippen LogP contribution is 2.26. The van der Waals surface area contributed by atoms with Crippen molar-refractivity contribution in [3.05, 3.63) is 20.8 Å². The summed E-state index contributed by atoms with van der Waals surface area (Å²) in [6.07, 6.45) is -6.02. The molecule has 1 rings (SSSR count). The number of aliphatic carboxylic acids is 2. The Hall–Kier alpha value is -1.36. The first-order valence-corrected chi connectivity index (χ1v) is 7.24. The van der Waals surface area contributed by atoms with Gasteiger partial charge in [-0.05, 0) is 25.5 Å². The van der Waals surface area contributed by atoms with Gasteiger partial charge in [-0.15, -0.1) is 11.3 Å².